The van der Waals surface area contributed by atoms with E-state index in [1.807, 2.05) is 36.4 Å². The maximum Gasteiger partial charge on any atom is 0.488 e. The monoisotopic (exact) mass is 966 g/mol. The predicted octanol–water partition coefficient (Wildman–Crippen LogP) is 7.26. The highest BCUT2D eigenvalue weighted by atomic mass is 79.9. The minimum absolute atomic E-state index is 0.00651. The van der Waals surface area contributed by atoms with E-state index >= 15 is 0 Å². The van der Waals surface area contributed by atoms with Crippen LogP contribution in [0.5, 0.6) is 11.5 Å². The summed E-state index contributed by atoms with van der Waals surface area (Å²) in [5.74, 6) is 3.97. The van der Waals surface area contributed by atoms with Crippen molar-refractivity contribution in [2.45, 2.75) is 102 Å². The van der Waals surface area contributed by atoms with Crippen molar-refractivity contribution < 1.29 is 38.7 Å². The summed E-state index contributed by atoms with van der Waals surface area (Å²) in [6.45, 7) is 11.7. The van der Waals surface area contributed by atoms with E-state index < -0.39 is 18.6 Å². The van der Waals surface area contributed by atoms with Crippen molar-refractivity contribution >= 4 is 40.4 Å². The number of rotatable bonds is 6. The highest BCUT2D eigenvalue weighted by molar-refractivity contribution is 9.10. The minimum Gasteiger partial charge on any atom is -0.489 e. The van der Waals surface area contributed by atoms with E-state index in [1.165, 1.54) is 16.2 Å². The summed E-state index contributed by atoms with van der Waals surface area (Å²) in [5, 5.41) is 20.9. The highest BCUT2D eigenvalue weighted by Gasteiger charge is 2.52. The van der Waals surface area contributed by atoms with Crippen LogP contribution in [0.4, 0.5) is 0 Å². The molecule has 16 heteroatoms. The molecule has 6 atom stereocenters. The second-order valence-electron chi connectivity index (χ2n) is 18.7. The van der Waals surface area contributed by atoms with E-state index in [-0.39, 0.29) is 12.2 Å². The summed E-state index contributed by atoms with van der Waals surface area (Å²) in [4.78, 5) is 21.8. The van der Waals surface area contributed by atoms with Crippen LogP contribution in [0.1, 0.15) is 100 Å². The topological polar surface area (TPSA) is 179 Å². The smallest absolute Gasteiger partial charge is 0.488 e. The number of ether oxygens (including phenoxy) is 4. The number of hydroxylamine groups is 4. The number of hydrogen-bond acceptors (Lipinski definition) is 14. The summed E-state index contributed by atoms with van der Waals surface area (Å²) < 4.78 is 25.1. The van der Waals surface area contributed by atoms with Crippen LogP contribution >= 0.6 is 15.9 Å². The molecule has 0 aliphatic carbocycles. The second-order valence-corrected chi connectivity index (χ2v) is 19.6. The zero-order valence-corrected chi connectivity index (χ0v) is 40.4. The number of halogens is 1. The number of nitrogens with two attached hydrogens (primary N) is 2. The lowest BCUT2D eigenvalue weighted by molar-refractivity contribution is -0.197. The molecule has 2 saturated heterocycles. The largest absolute Gasteiger partial charge is 0.489 e. The van der Waals surface area contributed by atoms with Crippen molar-refractivity contribution in [1.82, 2.24) is 10.1 Å². The fraction of sp³-hybridized carbons (Fsp3) is 0.480. The van der Waals surface area contributed by atoms with Gasteiger partial charge in [0.25, 0.3) is 0 Å². The number of hydrogen-bond donors (Lipinski definition) is 4. The van der Waals surface area contributed by atoms with Gasteiger partial charge in [-0.25, -0.2) is 29.8 Å². The molecule has 2 spiro atoms. The van der Waals surface area contributed by atoms with Crippen molar-refractivity contribution in [2.75, 3.05) is 40.5 Å². The average Bonchev–Trinajstić information content (AvgIpc) is 3.78. The Morgan fingerprint density at radius 1 is 0.667 bits per heavy atom. The Morgan fingerprint density at radius 3 is 1.65 bits per heavy atom. The molecule has 0 radical (unpaired) electrons. The number of nitrogens with zero attached hydrogens (tertiary/aromatic N) is 4. The van der Waals surface area contributed by atoms with Crippen LogP contribution in [0.15, 0.2) is 99.4 Å². The number of benzene rings is 4. The molecular weight excluding hydrogens is 903 g/mol. The summed E-state index contributed by atoms with van der Waals surface area (Å²) in [6.07, 6.45) is 5.55. The first-order chi connectivity index (χ1) is 31.6. The zero-order chi connectivity index (χ0) is 46.8. The SMILES string of the molecule is CC(C)c1cccc(-c2ccc3c(c2)C2(CC(C4CCCOC4)O3)N=C(N)N(C)O2)c1.CC(C)c1cccc(B(O)O)c1.CN1OC2(CC(C3CCCOC3)Oc3ccc(Br)cc32)N=C1N. The van der Waals surface area contributed by atoms with Crippen LogP contribution < -0.4 is 26.4 Å². The van der Waals surface area contributed by atoms with Gasteiger partial charge in [0.15, 0.2) is 0 Å². The van der Waals surface area contributed by atoms with E-state index in [1.54, 1.807) is 25.2 Å². The van der Waals surface area contributed by atoms with E-state index in [9.17, 15) is 0 Å². The van der Waals surface area contributed by atoms with Gasteiger partial charge in [-0.15, -0.1) is 0 Å². The third-order valence-corrected chi connectivity index (χ3v) is 13.8. The summed E-state index contributed by atoms with van der Waals surface area (Å²) in [7, 11) is 2.22. The third-order valence-electron chi connectivity index (χ3n) is 13.3. The third kappa shape index (κ3) is 10.4. The van der Waals surface area contributed by atoms with Gasteiger partial charge in [-0.2, -0.15) is 0 Å². The molecule has 4 aromatic rings. The standard InChI is InChI=1S/C25H31N3O3.C16H20BrN3O3.C9H13BO2/c1-16(2)17-6-4-7-18(12-17)19-9-10-22-21(13-19)25(27-24(26)28(3)31-25)14-23(30-22)20-8-5-11-29-15-20;1-20-15(18)19-16(23-20)8-14(10-3-2-6-21-9-10)22-13-5-4-11(17)7-12(13)16;1-7(2)8-4-3-5-9(6-8)10(11)12/h4,6-7,9-10,12-13,16,20,23H,5,8,11,14-15H2,1-3H3,(H2,26,27);4-5,7,10,14H,2-3,6,8-9H2,1H3,(H2,18,19);3-7,11-12H,1-2H3. The van der Waals surface area contributed by atoms with Gasteiger partial charge in [-0.3, -0.25) is 0 Å². The Balaban J connectivity index is 0.000000148. The Bertz CT molecular complexity index is 2370. The summed E-state index contributed by atoms with van der Waals surface area (Å²) in [6, 6.07) is 28.3. The fourth-order valence-electron chi connectivity index (χ4n) is 9.49. The molecular formula is C50H64BBrN6O8. The Morgan fingerprint density at radius 2 is 1.17 bits per heavy atom. The normalized spacial score (nSPS) is 26.6. The molecule has 14 nitrogen and oxygen atoms in total. The molecule has 0 aromatic heterocycles. The Hall–Kier alpha value is -4.68. The van der Waals surface area contributed by atoms with Gasteiger partial charge in [0.1, 0.15) is 23.7 Å². The maximum atomic E-state index is 8.89. The van der Waals surface area contributed by atoms with Gasteiger partial charge in [-0.05, 0) is 95.6 Å². The van der Waals surface area contributed by atoms with Crippen molar-refractivity contribution in [2.24, 2.45) is 33.3 Å². The van der Waals surface area contributed by atoms with Crippen LogP contribution in [0.25, 0.3) is 11.1 Å². The quantitative estimate of drug-likeness (QED) is 0.143. The van der Waals surface area contributed by atoms with E-state index in [2.05, 4.69) is 91.1 Å². The lowest BCUT2D eigenvalue weighted by Crippen LogP contribution is -2.44. The van der Waals surface area contributed by atoms with Crippen molar-refractivity contribution in [1.29, 1.82) is 0 Å². The lowest BCUT2D eigenvalue weighted by Gasteiger charge is -2.41. The fourth-order valence-corrected chi connectivity index (χ4v) is 9.85. The lowest BCUT2D eigenvalue weighted by atomic mass is 9.79. The van der Waals surface area contributed by atoms with Crippen LogP contribution in [0.3, 0.4) is 0 Å². The van der Waals surface area contributed by atoms with Gasteiger partial charge in [0, 0.05) is 56.5 Å². The molecule has 6 N–H and O–H groups in total. The highest BCUT2D eigenvalue weighted by Crippen LogP contribution is 2.50. The van der Waals surface area contributed by atoms with Gasteiger partial charge in [0.05, 0.1) is 24.3 Å². The van der Waals surface area contributed by atoms with Gasteiger partial charge in [-0.1, -0.05) is 98.2 Å². The molecule has 0 amide bonds. The Labute approximate surface area is 397 Å². The average molecular weight is 968 g/mol. The van der Waals surface area contributed by atoms with E-state index in [0.717, 1.165) is 83.7 Å². The number of aliphatic imine (C=N–C) groups is 2. The van der Waals surface area contributed by atoms with Gasteiger partial charge in [0.2, 0.25) is 23.4 Å². The van der Waals surface area contributed by atoms with Crippen molar-refractivity contribution in [3.63, 3.8) is 0 Å². The molecule has 352 valence electrons. The van der Waals surface area contributed by atoms with Crippen LogP contribution in [-0.2, 0) is 30.6 Å². The molecule has 6 aliphatic heterocycles. The molecule has 6 aliphatic rings. The first-order valence-corrected chi connectivity index (χ1v) is 24.0. The van der Waals surface area contributed by atoms with Crippen molar-refractivity contribution in [3.8, 4) is 22.6 Å². The zero-order valence-electron chi connectivity index (χ0n) is 38.9. The predicted molar refractivity (Wildman–Crippen MR) is 260 cm³/mol. The second kappa shape index (κ2) is 20.3. The van der Waals surface area contributed by atoms with Gasteiger partial charge < -0.3 is 40.5 Å². The van der Waals surface area contributed by atoms with Crippen LogP contribution in [0.2, 0.25) is 0 Å². The van der Waals surface area contributed by atoms with E-state index in [4.69, 9.17) is 55.1 Å². The van der Waals surface area contributed by atoms with E-state index in [0.29, 0.717) is 60.5 Å². The molecule has 0 bridgehead atoms. The number of fused-ring (bicyclic) bond motifs is 4. The summed E-state index contributed by atoms with van der Waals surface area (Å²) in [5.41, 5.74) is 17.6. The molecule has 6 heterocycles. The molecule has 6 unspecified atom stereocenters. The minimum atomic E-state index is -1.36. The van der Waals surface area contributed by atoms with Gasteiger partial charge >= 0.3 is 7.12 Å². The maximum absolute atomic E-state index is 8.89. The summed E-state index contributed by atoms with van der Waals surface area (Å²) >= 11 is 3.52. The molecule has 0 saturated carbocycles. The molecule has 66 heavy (non-hydrogen) atoms. The van der Waals surface area contributed by atoms with Crippen LogP contribution in [0, 0.1) is 11.8 Å². The molecule has 10 rings (SSSR count). The van der Waals surface area contributed by atoms with Crippen LogP contribution in [-0.4, -0.2) is 91.9 Å². The molecule has 2 fully saturated rings. The molecule has 4 aromatic carbocycles. The first kappa shape index (κ1) is 47.8. The first-order valence-electron chi connectivity index (χ1n) is 23.2. The van der Waals surface area contributed by atoms with Crippen molar-refractivity contribution in [3.05, 3.63) is 112 Å². The Kier molecular flexibility index (Phi) is 14.7. The number of guanidine groups is 2.